The molecule has 1 aromatic carbocycles. The molecule has 1 N–H and O–H groups in total. The van der Waals surface area contributed by atoms with Gasteiger partial charge in [-0.2, -0.15) is 0 Å². The molecule has 1 aromatic rings. The van der Waals surface area contributed by atoms with Crippen LogP contribution in [-0.4, -0.2) is 58.7 Å². The number of carbonyl (C=O) groups excluding carboxylic acids is 1. The van der Waals surface area contributed by atoms with Gasteiger partial charge >= 0.3 is 0 Å². The van der Waals surface area contributed by atoms with Gasteiger partial charge in [-0.1, -0.05) is 17.7 Å². The topological polar surface area (TPSA) is 69.7 Å². The molecule has 0 unspecified atom stereocenters. The highest BCUT2D eigenvalue weighted by atomic mass is 32.2. The van der Waals surface area contributed by atoms with E-state index in [0.717, 1.165) is 16.1 Å². The number of benzene rings is 1. The van der Waals surface area contributed by atoms with Gasteiger partial charge in [0.05, 0.1) is 11.9 Å². The second-order valence-electron chi connectivity index (χ2n) is 5.66. The van der Waals surface area contributed by atoms with E-state index in [-0.39, 0.29) is 5.91 Å². The molecule has 1 amide bonds. The van der Waals surface area contributed by atoms with E-state index in [1.54, 1.807) is 19.1 Å². The summed E-state index contributed by atoms with van der Waals surface area (Å²) in [6.07, 6.45) is 1.11. The third-order valence-electron chi connectivity index (χ3n) is 3.24. The number of hydrogen-bond acceptors (Lipinski definition) is 4. The third-order valence-corrected chi connectivity index (χ3v) is 4.48. The van der Waals surface area contributed by atoms with E-state index >= 15 is 0 Å². The van der Waals surface area contributed by atoms with Crippen molar-refractivity contribution in [3.05, 3.63) is 29.8 Å². The third kappa shape index (κ3) is 5.31. The second kappa shape index (κ2) is 7.60. The molecular formula is C15H25N3O3S. The predicted octanol–water partition coefficient (Wildman–Crippen LogP) is 0.827. The lowest BCUT2D eigenvalue weighted by Gasteiger charge is -2.28. The summed E-state index contributed by atoms with van der Waals surface area (Å²) in [5.41, 5.74) is 1.52. The zero-order chi connectivity index (χ0) is 16.9. The minimum Gasteiger partial charge on any atom is -0.353 e. The molecule has 124 valence electrons. The van der Waals surface area contributed by atoms with Crippen molar-refractivity contribution in [2.24, 2.45) is 0 Å². The van der Waals surface area contributed by atoms with E-state index in [1.807, 2.05) is 38.1 Å². The number of anilines is 1. The largest absolute Gasteiger partial charge is 0.353 e. The van der Waals surface area contributed by atoms with Gasteiger partial charge in [0.1, 0.15) is 6.04 Å². The van der Waals surface area contributed by atoms with Gasteiger partial charge in [0.15, 0.2) is 0 Å². The SMILES string of the molecule is Cc1ccc(N([C@@H](C)C(=O)NCCN(C)C)S(C)(=O)=O)cc1. The van der Waals surface area contributed by atoms with Gasteiger partial charge in [0.2, 0.25) is 15.9 Å². The molecule has 0 heterocycles. The highest BCUT2D eigenvalue weighted by molar-refractivity contribution is 7.92. The van der Waals surface area contributed by atoms with Gasteiger partial charge in [-0.3, -0.25) is 9.10 Å². The van der Waals surface area contributed by atoms with Gasteiger partial charge in [0, 0.05) is 13.1 Å². The van der Waals surface area contributed by atoms with Crippen LogP contribution >= 0.6 is 0 Å². The number of hydrogen-bond donors (Lipinski definition) is 1. The second-order valence-corrected chi connectivity index (χ2v) is 7.52. The van der Waals surface area contributed by atoms with Crippen molar-refractivity contribution in [3.8, 4) is 0 Å². The zero-order valence-electron chi connectivity index (χ0n) is 13.8. The predicted molar refractivity (Wildman–Crippen MR) is 89.5 cm³/mol. The van der Waals surface area contributed by atoms with Crippen molar-refractivity contribution in [2.45, 2.75) is 19.9 Å². The van der Waals surface area contributed by atoms with Crippen LogP contribution in [0.2, 0.25) is 0 Å². The van der Waals surface area contributed by atoms with Crippen molar-refractivity contribution >= 4 is 21.6 Å². The number of aryl methyl sites for hydroxylation is 1. The number of likely N-dealkylation sites (N-methyl/N-ethyl adjacent to an activating group) is 1. The van der Waals surface area contributed by atoms with E-state index in [2.05, 4.69) is 5.32 Å². The van der Waals surface area contributed by atoms with Crippen LogP contribution in [0.4, 0.5) is 5.69 Å². The Morgan fingerprint density at radius 1 is 1.23 bits per heavy atom. The summed E-state index contributed by atoms with van der Waals surface area (Å²) in [4.78, 5) is 14.2. The molecule has 0 aromatic heterocycles. The van der Waals surface area contributed by atoms with Crippen LogP contribution in [0.1, 0.15) is 12.5 Å². The smallest absolute Gasteiger partial charge is 0.243 e. The molecule has 0 aliphatic carbocycles. The molecule has 0 saturated carbocycles. The van der Waals surface area contributed by atoms with Crippen molar-refractivity contribution in [1.82, 2.24) is 10.2 Å². The van der Waals surface area contributed by atoms with Crippen LogP contribution in [0.3, 0.4) is 0 Å². The fourth-order valence-electron chi connectivity index (χ4n) is 2.05. The molecule has 0 radical (unpaired) electrons. The first-order chi connectivity index (χ1) is 10.1. The molecule has 0 saturated heterocycles. The van der Waals surface area contributed by atoms with Gasteiger partial charge in [-0.05, 0) is 40.1 Å². The maximum absolute atomic E-state index is 12.2. The van der Waals surface area contributed by atoms with Crippen molar-refractivity contribution in [2.75, 3.05) is 37.7 Å². The van der Waals surface area contributed by atoms with Gasteiger partial charge in [-0.15, -0.1) is 0 Å². The van der Waals surface area contributed by atoms with Crippen LogP contribution < -0.4 is 9.62 Å². The first-order valence-electron chi connectivity index (χ1n) is 7.11. The van der Waals surface area contributed by atoms with Crippen LogP contribution in [0.25, 0.3) is 0 Å². The number of nitrogens with one attached hydrogen (secondary N) is 1. The highest BCUT2D eigenvalue weighted by Crippen LogP contribution is 2.21. The molecule has 7 heteroatoms. The van der Waals surface area contributed by atoms with Crippen LogP contribution in [0.15, 0.2) is 24.3 Å². The number of sulfonamides is 1. The minimum absolute atomic E-state index is 0.312. The summed E-state index contributed by atoms with van der Waals surface area (Å²) in [7, 11) is 0.261. The summed E-state index contributed by atoms with van der Waals surface area (Å²) in [5.74, 6) is -0.312. The Bertz CT molecular complexity index is 597. The van der Waals surface area contributed by atoms with Crippen LogP contribution in [0.5, 0.6) is 0 Å². The van der Waals surface area contributed by atoms with Gasteiger partial charge in [0.25, 0.3) is 0 Å². The highest BCUT2D eigenvalue weighted by Gasteiger charge is 2.28. The van der Waals surface area contributed by atoms with E-state index < -0.39 is 16.1 Å². The maximum Gasteiger partial charge on any atom is 0.243 e. The first-order valence-corrected chi connectivity index (χ1v) is 8.96. The van der Waals surface area contributed by atoms with Gasteiger partial charge < -0.3 is 10.2 Å². The molecule has 22 heavy (non-hydrogen) atoms. The summed E-state index contributed by atoms with van der Waals surface area (Å²) in [6, 6.07) is 6.26. The average molecular weight is 327 g/mol. The number of amides is 1. The standard InChI is InChI=1S/C15H25N3O3S/c1-12-6-8-14(9-7-12)18(22(5,20)21)13(2)15(19)16-10-11-17(3)4/h6-9,13H,10-11H2,1-5H3,(H,16,19)/t13-/m0/s1. The summed E-state index contributed by atoms with van der Waals surface area (Å²) in [6.45, 7) is 4.68. The fourth-order valence-corrected chi connectivity index (χ4v) is 3.23. The van der Waals surface area contributed by atoms with Crippen molar-refractivity contribution < 1.29 is 13.2 Å². The van der Waals surface area contributed by atoms with Crippen molar-refractivity contribution in [3.63, 3.8) is 0 Å². The number of carbonyl (C=O) groups is 1. The zero-order valence-corrected chi connectivity index (χ0v) is 14.6. The normalized spacial score (nSPS) is 13.0. The monoisotopic (exact) mass is 327 g/mol. The lowest BCUT2D eigenvalue weighted by molar-refractivity contribution is -0.121. The molecule has 1 rings (SSSR count). The minimum atomic E-state index is -3.55. The van der Waals surface area contributed by atoms with Crippen LogP contribution in [0, 0.1) is 6.92 Å². The Morgan fingerprint density at radius 2 is 1.77 bits per heavy atom. The lowest BCUT2D eigenvalue weighted by Crippen LogP contribution is -2.48. The summed E-state index contributed by atoms with van der Waals surface area (Å²) < 4.78 is 25.3. The molecule has 0 aliphatic rings. The van der Waals surface area contributed by atoms with E-state index in [1.165, 1.54) is 0 Å². The number of rotatable bonds is 7. The van der Waals surface area contributed by atoms with E-state index in [9.17, 15) is 13.2 Å². The lowest BCUT2D eigenvalue weighted by atomic mass is 10.2. The number of nitrogens with zero attached hydrogens (tertiary/aromatic N) is 2. The first kappa shape index (κ1) is 18.4. The van der Waals surface area contributed by atoms with E-state index in [0.29, 0.717) is 18.8 Å². The summed E-state index contributed by atoms with van der Waals surface area (Å²) in [5, 5.41) is 2.76. The molecule has 6 nitrogen and oxygen atoms in total. The average Bonchev–Trinajstić information content (AvgIpc) is 2.39. The fraction of sp³-hybridized carbons (Fsp3) is 0.533. The summed E-state index contributed by atoms with van der Waals surface area (Å²) >= 11 is 0. The Labute approximate surface area is 133 Å². The van der Waals surface area contributed by atoms with Crippen molar-refractivity contribution in [1.29, 1.82) is 0 Å². The van der Waals surface area contributed by atoms with Crippen LogP contribution in [-0.2, 0) is 14.8 Å². The molecule has 0 spiro atoms. The maximum atomic E-state index is 12.2. The molecule has 1 atom stereocenters. The Hall–Kier alpha value is -1.60. The molecule has 0 aliphatic heterocycles. The Morgan fingerprint density at radius 3 is 2.23 bits per heavy atom. The Kier molecular flexibility index (Phi) is 6.37. The molecular weight excluding hydrogens is 302 g/mol. The van der Waals surface area contributed by atoms with E-state index in [4.69, 9.17) is 0 Å². The quantitative estimate of drug-likeness (QED) is 0.805. The Balaban J connectivity index is 2.93. The van der Waals surface area contributed by atoms with Gasteiger partial charge in [-0.25, -0.2) is 8.42 Å². The molecule has 0 bridgehead atoms. The molecule has 0 fully saturated rings.